The minimum atomic E-state index is 0.192. The molecule has 0 saturated carbocycles. The standard InChI is InChI=1S/C17H24N2OS/c1-17(2,3)14-7-5-13(6-8-14)16-19-15(12-21-16)11-18-9-10-20-4/h5-8,12,18H,9-11H2,1-4H3. The van der Waals surface area contributed by atoms with Gasteiger partial charge in [-0.15, -0.1) is 11.3 Å². The zero-order valence-corrected chi connectivity index (χ0v) is 14.1. The topological polar surface area (TPSA) is 34.1 Å². The van der Waals surface area contributed by atoms with Crippen LogP contribution in [-0.4, -0.2) is 25.2 Å². The highest BCUT2D eigenvalue weighted by Crippen LogP contribution is 2.27. The second kappa shape index (κ2) is 7.16. The summed E-state index contributed by atoms with van der Waals surface area (Å²) < 4.78 is 5.01. The van der Waals surface area contributed by atoms with Crippen LogP contribution < -0.4 is 5.32 Å². The summed E-state index contributed by atoms with van der Waals surface area (Å²) in [5.41, 5.74) is 3.82. The molecule has 0 saturated heterocycles. The van der Waals surface area contributed by atoms with Crippen molar-refractivity contribution in [2.45, 2.75) is 32.7 Å². The summed E-state index contributed by atoms with van der Waals surface area (Å²) in [5.74, 6) is 0. The van der Waals surface area contributed by atoms with Gasteiger partial charge in [0.2, 0.25) is 0 Å². The molecule has 0 fully saturated rings. The summed E-state index contributed by atoms with van der Waals surface area (Å²) in [5, 5.41) is 6.52. The van der Waals surface area contributed by atoms with Crippen LogP contribution in [0.3, 0.4) is 0 Å². The Balaban J connectivity index is 2.00. The Bertz CT molecular complexity index is 555. The molecule has 0 aliphatic carbocycles. The monoisotopic (exact) mass is 304 g/mol. The van der Waals surface area contributed by atoms with Crippen molar-refractivity contribution in [3.63, 3.8) is 0 Å². The Morgan fingerprint density at radius 3 is 2.52 bits per heavy atom. The van der Waals surface area contributed by atoms with E-state index in [1.807, 2.05) is 0 Å². The molecule has 0 radical (unpaired) electrons. The van der Waals surface area contributed by atoms with E-state index in [-0.39, 0.29) is 5.41 Å². The van der Waals surface area contributed by atoms with E-state index in [4.69, 9.17) is 4.74 Å². The summed E-state index contributed by atoms with van der Waals surface area (Å²) in [4.78, 5) is 4.69. The molecule has 2 aromatic rings. The number of nitrogens with zero attached hydrogens (tertiary/aromatic N) is 1. The molecule has 1 aromatic heterocycles. The van der Waals surface area contributed by atoms with Crippen LogP contribution >= 0.6 is 11.3 Å². The highest BCUT2D eigenvalue weighted by atomic mass is 32.1. The molecule has 1 aromatic carbocycles. The number of thiazole rings is 1. The maximum absolute atomic E-state index is 5.01. The molecule has 1 heterocycles. The first kappa shape index (κ1) is 16.1. The first-order valence-corrected chi connectivity index (χ1v) is 8.13. The average Bonchev–Trinajstić information content (AvgIpc) is 2.92. The molecule has 2 rings (SSSR count). The quantitative estimate of drug-likeness (QED) is 0.823. The van der Waals surface area contributed by atoms with E-state index in [1.165, 1.54) is 11.1 Å². The van der Waals surface area contributed by atoms with Gasteiger partial charge in [0, 0.05) is 31.1 Å². The number of aromatic nitrogens is 1. The van der Waals surface area contributed by atoms with Gasteiger partial charge >= 0.3 is 0 Å². The molecule has 114 valence electrons. The first-order chi connectivity index (χ1) is 10.0. The van der Waals surface area contributed by atoms with E-state index in [2.05, 4.69) is 60.7 Å². The van der Waals surface area contributed by atoms with Crippen LogP contribution in [0.5, 0.6) is 0 Å². The molecular formula is C17H24N2OS. The van der Waals surface area contributed by atoms with Crippen LogP contribution in [0.4, 0.5) is 0 Å². The van der Waals surface area contributed by atoms with Gasteiger partial charge in [-0.3, -0.25) is 0 Å². The number of hydrogen-bond donors (Lipinski definition) is 1. The van der Waals surface area contributed by atoms with Crippen LogP contribution in [0.25, 0.3) is 10.6 Å². The summed E-state index contributed by atoms with van der Waals surface area (Å²) in [6, 6.07) is 8.74. The molecule has 0 unspecified atom stereocenters. The Morgan fingerprint density at radius 1 is 1.19 bits per heavy atom. The van der Waals surface area contributed by atoms with Gasteiger partial charge in [0.15, 0.2) is 0 Å². The fourth-order valence-electron chi connectivity index (χ4n) is 2.02. The number of rotatable bonds is 6. The third-order valence-corrected chi connectivity index (χ3v) is 4.28. The van der Waals surface area contributed by atoms with Crippen molar-refractivity contribution < 1.29 is 4.74 Å². The second-order valence-corrected chi connectivity index (χ2v) is 7.00. The SMILES string of the molecule is COCCNCc1csc(-c2ccc(C(C)(C)C)cc2)n1. The van der Waals surface area contributed by atoms with E-state index in [9.17, 15) is 0 Å². The normalized spacial score (nSPS) is 11.8. The van der Waals surface area contributed by atoms with Gasteiger partial charge < -0.3 is 10.1 Å². The van der Waals surface area contributed by atoms with E-state index in [0.29, 0.717) is 0 Å². The van der Waals surface area contributed by atoms with Gasteiger partial charge in [-0.2, -0.15) is 0 Å². The van der Waals surface area contributed by atoms with Crippen LogP contribution in [-0.2, 0) is 16.7 Å². The van der Waals surface area contributed by atoms with Gasteiger partial charge in [-0.25, -0.2) is 4.98 Å². The van der Waals surface area contributed by atoms with Crippen molar-refractivity contribution in [2.75, 3.05) is 20.3 Å². The Hall–Kier alpha value is -1.23. The van der Waals surface area contributed by atoms with E-state index in [0.717, 1.165) is 30.4 Å². The third-order valence-electron chi connectivity index (χ3n) is 3.34. The summed E-state index contributed by atoms with van der Waals surface area (Å²) in [6.45, 7) is 9.06. The van der Waals surface area contributed by atoms with Crippen molar-refractivity contribution in [3.05, 3.63) is 40.9 Å². The van der Waals surface area contributed by atoms with E-state index < -0.39 is 0 Å². The molecule has 0 spiro atoms. The summed E-state index contributed by atoms with van der Waals surface area (Å²) in [7, 11) is 1.71. The lowest BCUT2D eigenvalue weighted by atomic mass is 9.87. The zero-order valence-electron chi connectivity index (χ0n) is 13.3. The van der Waals surface area contributed by atoms with Crippen molar-refractivity contribution >= 4 is 11.3 Å². The number of nitrogens with one attached hydrogen (secondary N) is 1. The van der Waals surface area contributed by atoms with E-state index >= 15 is 0 Å². The Labute approximate surface area is 131 Å². The maximum atomic E-state index is 5.01. The molecule has 21 heavy (non-hydrogen) atoms. The van der Waals surface area contributed by atoms with Crippen molar-refractivity contribution in [1.82, 2.24) is 10.3 Å². The van der Waals surface area contributed by atoms with Crippen molar-refractivity contribution in [2.24, 2.45) is 0 Å². The molecule has 1 N–H and O–H groups in total. The molecule has 0 amide bonds. The molecule has 0 aliphatic heterocycles. The fraction of sp³-hybridized carbons (Fsp3) is 0.471. The minimum absolute atomic E-state index is 0.192. The van der Waals surface area contributed by atoms with Gasteiger partial charge in [0.25, 0.3) is 0 Å². The zero-order chi connectivity index (χ0) is 15.3. The van der Waals surface area contributed by atoms with Crippen LogP contribution in [0.1, 0.15) is 32.0 Å². The second-order valence-electron chi connectivity index (χ2n) is 6.14. The molecule has 4 heteroatoms. The van der Waals surface area contributed by atoms with Crippen molar-refractivity contribution in [3.8, 4) is 10.6 Å². The third kappa shape index (κ3) is 4.63. The lowest BCUT2D eigenvalue weighted by Gasteiger charge is -2.18. The van der Waals surface area contributed by atoms with Gasteiger partial charge in [0.1, 0.15) is 5.01 Å². The van der Waals surface area contributed by atoms with E-state index in [1.54, 1.807) is 18.4 Å². The summed E-state index contributed by atoms with van der Waals surface area (Å²) >= 11 is 1.70. The fourth-order valence-corrected chi connectivity index (χ4v) is 2.85. The molecule has 0 aliphatic rings. The number of hydrogen-bond acceptors (Lipinski definition) is 4. The van der Waals surface area contributed by atoms with Gasteiger partial charge in [0.05, 0.1) is 12.3 Å². The van der Waals surface area contributed by atoms with Gasteiger partial charge in [-0.1, -0.05) is 45.0 Å². The minimum Gasteiger partial charge on any atom is -0.383 e. The maximum Gasteiger partial charge on any atom is 0.123 e. The number of methoxy groups -OCH3 is 1. The smallest absolute Gasteiger partial charge is 0.123 e. The van der Waals surface area contributed by atoms with Crippen LogP contribution in [0.2, 0.25) is 0 Å². The van der Waals surface area contributed by atoms with Crippen LogP contribution in [0.15, 0.2) is 29.6 Å². The lowest BCUT2D eigenvalue weighted by Crippen LogP contribution is -2.18. The summed E-state index contributed by atoms with van der Waals surface area (Å²) in [6.07, 6.45) is 0. The molecule has 3 nitrogen and oxygen atoms in total. The number of ether oxygens (including phenoxy) is 1. The Kier molecular flexibility index (Phi) is 5.51. The predicted octanol–water partition coefficient (Wildman–Crippen LogP) is 3.84. The van der Waals surface area contributed by atoms with Crippen molar-refractivity contribution in [1.29, 1.82) is 0 Å². The highest BCUT2D eigenvalue weighted by molar-refractivity contribution is 7.13. The highest BCUT2D eigenvalue weighted by Gasteiger charge is 2.13. The van der Waals surface area contributed by atoms with Crippen LogP contribution in [0, 0.1) is 0 Å². The molecule has 0 atom stereocenters. The lowest BCUT2D eigenvalue weighted by molar-refractivity contribution is 0.199. The van der Waals surface area contributed by atoms with Gasteiger partial charge in [-0.05, 0) is 11.0 Å². The Morgan fingerprint density at radius 2 is 1.90 bits per heavy atom. The number of benzene rings is 1. The largest absolute Gasteiger partial charge is 0.383 e. The molecular weight excluding hydrogens is 280 g/mol. The first-order valence-electron chi connectivity index (χ1n) is 7.25. The molecule has 0 bridgehead atoms. The average molecular weight is 304 g/mol. The predicted molar refractivity (Wildman–Crippen MR) is 89.8 cm³/mol.